The number of ketones is 1. The molecule has 2 aliphatic rings. The van der Waals surface area contributed by atoms with Gasteiger partial charge in [0.2, 0.25) is 5.91 Å². The van der Waals surface area contributed by atoms with E-state index in [4.69, 9.17) is 10.5 Å². The van der Waals surface area contributed by atoms with Crippen molar-refractivity contribution in [2.24, 2.45) is 5.73 Å². The quantitative estimate of drug-likeness (QED) is 0.799. The van der Waals surface area contributed by atoms with Gasteiger partial charge >= 0.3 is 5.97 Å². The summed E-state index contributed by atoms with van der Waals surface area (Å²) < 4.78 is 31.7. The van der Waals surface area contributed by atoms with Gasteiger partial charge in [-0.05, 0) is 42.5 Å². The number of methoxy groups -OCH3 is 1. The standard InChI is InChI=1S/C19H22F2N2O4/c1-27-19(26)17-5-3-11(24)9-23(17)18(25)8-16(22)12-4-2-10-6-14(20)15(21)7-13(10)12/h6-7,12,16-17H,2-5,8-9,22H2,1H3. The lowest BCUT2D eigenvalue weighted by Gasteiger charge is -2.34. The van der Waals surface area contributed by atoms with Gasteiger partial charge in [-0.25, -0.2) is 13.6 Å². The van der Waals surface area contributed by atoms with Crippen LogP contribution < -0.4 is 5.73 Å². The summed E-state index contributed by atoms with van der Waals surface area (Å²) in [5, 5.41) is 0. The van der Waals surface area contributed by atoms with Gasteiger partial charge in [0.15, 0.2) is 17.4 Å². The van der Waals surface area contributed by atoms with Gasteiger partial charge in [-0.1, -0.05) is 0 Å². The van der Waals surface area contributed by atoms with Gasteiger partial charge < -0.3 is 15.4 Å². The van der Waals surface area contributed by atoms with E-state index in [2.05, 4.69) is 0 Å². The number of ether oxygens (including phenoxy) is 1. The van der Waals surface area contributed by atoms with E-state index in [1.165, 1.54) is 18.1 Å². The maximum absolute atomic E-state index is 13.6. The van der Waals surface area contributed by atoms with Crippen molar-refractivity contribution in [2.75, 3.05) is 13.7 Å². The number of amides is 1. The molecule has 0 aromatic heterocycles. The summed E-state index contributed by atoms with van der Waals surface area (Å²) in [7, 11) is 1.23. The number of esters is 1. The van der Waals surface area contributed by atoms with Gasteiger partial charge in [-0.3, -0.25) is 9.59 Å². The number of benzene rings is 1. The average Bonchev–Trinajstić information content (AvgIpc) is 3.04. The van der Waals surface area contributed by atoms with Crippen molar-refractivity contribution in [2.45, 2.75) is 50.1 Å². The third-order valence-corrected chi connectivity index (χ3v) is 5.45. The molecule has 1 aliphatic carbocycles. The number of nitrogens with two attached hydrogens (primary N) is 1. The number of carbonyl (C=O) groups excluding carboxylic acids is 3. The minimum atomic E-state index is -0.938. The Morgan fingerprint density at radius 1 is 1.26 bits per heavy atom. The lowest BCUT2D eigenvalue weighted by atomic mass is 9.90. The van der Waals surface area contributed by atoms with Crippen molar-refractivity contribution >= 4 is 17.7 Å². The van der Waals surface area contributed by atoms with Crippen molar-refractivity contribution in [3.63, 3.8) is 0 Å². The van der Waals surface area contributed by atoms with Crippen LogP contribution in [-0.4, -0.2) is 48.3 Å². The molecular formula is C19H22F2N2O4. The maximum atomic E-state index is 13.6. The fourth-order valence-corrected chi connectivity index (χ4v) is 4.01. The minimum absolute atomic E-state index is 0.0934. The number of halogens is 2. The maximum Gasteiger partial charge on any atom is 0.328 e. The SMILES string of the molecule is COC(=O)C1CCC(=O)CN1C(=O)CC(N)C1CCc2cc(F)c(F)cc21. The molecular weight excluding hydrogens is 358 g/mol. The summed E-state index contributed by atoms with van der Waals surface area (Å²) in [6.07, 6.45) is 1.50. The lowest BCUT2D eigenvalue weighted by Crippen LogP contribution is -2.52. The number of fused-ring (bicyclic) bond motifs is 1. The van der Waals surface area contributed by atoms with Crippen LogP contribution in [0.15, 0.2) is 12.1 Å². The molecule has 0 spiro atoms. The van der Waals surface area contributed by atoms with Crippen LogP contribution in [0.5, 0.6) is 0 Å². The van der Waals surface area contributed by atoms with Crippen LogP contribution in [0.4, 0.5) is 8.78 Å². The number of hydrogen-bond donors (Lipinski definition) is 1. The van der Waals surface area contributed by atoms with Crippen LogP contribution in [0.1, 0.15) is 42.7 Å². The number of Topliss-reactive ketones (excluding diaryl/α,β-unsaturated/α-hetero) is 1. The van der Waals surface area contributed by atoms with Crippen LogP contribution in [-0.2, 0) is 25.5 Å². The summed E-state index contributed by atoms with van der Waals surface area (Å²) in [5.74, 6) is -3.22. The summed E-state index contributed by atoms with van der Waals surface area (Å²) in [6.45, 7) is -0.146. The summed E-state index contributed by atoms with van der Waals surface area (Å²) in [5.41, 5.74) is 7.53. The third kappa shape index (κ3) is 3.85. The zero-order valence-corrected chi connectivity index (χ0v) is 15.0. The van der Waals surface area contributed by atoms with Gasteiger partial charge in [0.25, 0.3) is 0 Å². The second-order valence-corrected chi connectivity index (χ2v) is 7.12. The molecule has 0 radical (unpaired) electrons. The molecule has 0 bridgehead atoms. The highest BCUT2D eigenvalue weighted by Crippen LogP contribution is 2.37. The second-order valence-electron chi connectivity index (χ2n) is 7.12. The van der Waals surface area contributed by atoms with E-state index < -0.39 is 35.6 Å². The Kier molecular flexibility index (Phi) is 5.55. The molecule has 1 amide bonds. The van der Waals surface area contributed by atoms with Gasteiger partial charge in [-0.2, -0.15) is 0 Å². The highest BCUT2D eigenvalue weighted by Gasteiger charge is 2.38. The normalized spacial score (nSPS) is 23.1. The number of aryl methyl sites for hydroxylation is 1. The van der Waals surface area contributed by atoms with E-state index in [1.807, 2.05) is 0 Å². The molecule has 1 saturated heterocycles. The van der Waals surface area contributed by atoms with Crippen LogP contribution in [0, 0.1) is 11.6 Å². The predicted molar refractivity (Wildman–Crippen MR) is 91.8 cm³/mol. The largest absolute Gasteiger partial charge is 0.467 e. The Hall–Kier alpha value is -2.35. The highest BCUT2D eigenvalue weighted by atomic mass is 19.2. The molecule has 146 valence electrons. The van der Waals surface area contributed by atoms with E-state index in [0.29, 0.717) is 24.0 Å². The van der Waals surface area contributed by atoms with Crippen LogP contribution in [0.25, 0.3) is 0 Å². The topological polar surface area (TPSA) is 89.7 Å². The van der Waals surface area contributed by atoms with Gasteiger partial charge in [0, 0.05) is 24.8 Å². The van der Waals surface area contributed by atoms with Crippen molar-refractivity contribution in [1.29, 1.82) is 0 Å². The Balaban J connectivity index is 1.73. The third-order valence-electron chi connectivity index (χ3n) is 5.45. The molecule has 1 heterocycles. The average molecular weight is 380 g/mol. The first-order chi connectivity index (χ1) is 12.8. The second kappa shape index (κ2) is 7.72. The highest BCUT2D eigenvalue weighted by molar-refractivity contribution is 5.92. The molecule has 27 heavy (non-hydrogen) atoms. The monoisotopic (exact) mass is 380 g/mol. The number of hydrogen-bond acceptors (Lipinski definition) is 5. The molecule has 3 rings (SSSR count). The Labute approximate surface area is 155 Å². The number of nitrogens with zero attached hydrogens (tertiary/aromatic N) is 1. The summed E-state index contributed by atoms with van der Waals surface area (Å²) in [6, 6.07) is 0.901. The van der Waals surface area contributed by atoms with Crippen molar-refractivity contribution in [3.05, 3.63) is 34.9 Å². The van der Waals surface area contributed by atoms with Gasteiger partial charge in [-0.15, -0.1) is 0 Å². The molecule has 3 unspecified atom stereocenters. The Bertz CT molecular complexity index is 783. The zero-order chi connectivity index (χ0) is 19.7. The van der Waals surface area contributed by atoms with E-state index in [-0.39, 0.29) is 37.5 Å². The minimum Gasteiger partial charge on any atom is -0.467 e. The molecule has 2 N–H and O–H groups in total. The number of rotatable bonds is 4. The number of likely N-dealkylation sites (tertiary alicyclic amines) is 1. The zero-order valence-electron chi connectivity index (χ0n) is 15.0. The molecule has 1 fully saturated rings. The molecule has 8 heteroatoms. The van der Waals surface area contributed by atoms with E-state index in [1.54, 1.807) is 0 Å². The number of piperidine rings is 1. The van der Waals surface area contributed by atoms with Crippen molar-refractivity contribution in [1.82, 2.24) is 4.90 Å². The van der Waals surface area contributed by atoms with Gasteiger partial charge in [0.1, 0.15) is 6.04 Å². The Morgan fingerprint density at radius 2 is 1.96 bits per heavy atom. The molecule has 1 aliphatic heterocycles. The van der Waals surface area contributed by atoms with Crippen LogP contribution >= 0.6 is 0 Å². The first-order valence-corrected chi connectivity index (χ1v) is 8.94. The molecule has 6 nitrogen and oxygen atoms in total. The molecule has 0 saturated carbocycles. The summed E-state index contributed by atoms with van der Waals surface area (Å²) >= 11 is 0. The first kappa shape index (κ1) is 19.4. The van der Waals surface area contributed by atoms with E-state index in [9.17, 15) is 23.2 Å². The van der Waals surface area contributed by atoms with E-state index in [0.717, 1.165) is 6.07 Å². The van der Waals surface area contributed by atoms with Crippen molar-refractivity contribution in [3.8, 4) is 0 Å². The lowest BCUT2D eigenvalue weighted by molar-refractivity contribution is -0.156. The Morgan fingerprint density at radius 3 is 2.67 bits per heavy atom. The molecule has 1 aromatic carbocycles. The van der Waals surface area contributed by atoms with Crippen molar-refractivity contribution < 1.29 is 27.9 Å². The van der Waals surface area contributed by atoms with Crippen LogP contribution in [0.2, 0.25) is 0 Å². The fraction of sp³-hybridized carbons (Fsp3) is 0.526. The first-order valence-electron chi connectivity index (χ1n) is 8.94. The molecule has 1 aromatic rings. The smallest absolute Gasteiger partial charge is 0.328 e. The van der Waals surface area contributed by atoms with Gasteiger partial charge in [0.05, 0.1) is 13.7 Å². The van der Waals surface area contributed by atoms with Crippen LogP contribution in [0.3, 0.4) is 0 Å². The summed E-state index contributed by atoms with van der Waals surface area (Å²) in [4.78, 5) is 37.6. The molecule has 3 atom stereocenters. The fourth-order valence-electron chi connectivity index (χ4n) is 4.01. The predicted octanol–water partition coefficient (Wildman–Crippen LogP) is 1.45. The number of carbonyl (C=O) groups is 3. The van der Waals surface area contributed by atoms with E-state index >= 15 is 0 Å².